The maximum absolute atomic E-state index is 12.8. The number of sulfonamides is 1. The summed E-state index contributed by atoms with van der Waals surface area (Å²) in [5.74, 6) is -1.02. The third-order valence-electron chi connectivity index (χ3n) is 4.69. The lowest BCUT2D eigenvalue weighted by atomic mass is 9.95. The summed E-state index contributed by atoms with van der Waals surface area (Å²) in [7, 11) is -3.73. The van der Waals surface area contributed by atoms with Gasteiger partial charge >= 0.3 is 5.97 Å². The van der Waals surface area contributed by atoms with Crippen molar-refractivity contribution in [2.24, 2.45) is 0 Å². The minimum absolute atomic E-state index is 0.230. The number of carbonyl (C=O) groups excluding carboxylic acids is 2. The van der Waals surface area contributed by atoms with Crippen molar-refractivity contribution < 1.29 is 22.7 Å². The van der Waals surface area contributed by atoms with E-state index in [2.05, 4.69) is 5.32 Å². The molecule has 0 bridgehead atoms. The van der Waals surface area contributed by atoms with E-state index >= 15 is 0 Å². The number of fused-ring (bicyclic) bond motifs is 1. The van der Waals surface area contributed by atoms with Crippen molar-refractivity contribution in [3.05, 3.63) is 45.3 Å². The molecule has 0 unspecified atom stereocenters. The average Bonchev–Trinajstić information content (AvgIpc) is 3.03. The Morgan fingerprint density at radius 3 is 2.67 bits per heavy atom. The SMILES string of the molecule is CCOC(=O)c1c(NC(=O)CN(c2cccc(Cl)c2)S(C)(=O)=O)sc2c1CCCC2. The van der Waals surface area contributed by atoms with E-state index in [0.717, 1.165) is 46.7 Å². The predicted octanol–water partition coefficient (Wildman–Crippen LogP) is 3.86. The zero-order chi connectivity index (χ0) is 21.9. The molecule has 1 N–H and O–H groups in total. The summed E-state index contributed by atoms with van der Waals surface area (Å²) >= 11 is 7.33. The lowest BCUT2D eigenvalue weighted by molar-refractivity contribution is -0.114. The summed E-state index contributed by atoms with van der Waals surface area (Å²) in [6.45, 7) is 1.52. The fourth-order valence-corrected chi connectivity index (χ4v) is 5.73. The molecule has 0 aliphatic heterocycles. The summed E-state index contributed by atoms with van der Waals surface area (Å²) in [4.78, 5) is 26.4. The second kappa shape index (κ2) is 9.36. The number of halogens is 1. The van der Waals surface area contributed by atoms with Gasteiger partial charge in [0, 0.05) is 9.90 Å². The van der Waals surface area contributed by atoms with Gasteiger partial charge in [0.15, 0.2) is 0 Å². The number of carbonyl (C=O) groups is 2. The summed E-state index contributed by atoms with van der Waals surface area (Å²) in [5, 5.41) is 3.50. The first-order valence-electron chi connectivity index (χ1n) is 9.55. The molecule has 1 amide bonds. The number of anilines is 2. The van der Waals surface area contributed by atoms with Crippen LogP contribution in [0.1, 0.15) is 40.6 Å². The number of aryl methyl sites for hydroxylation is 1. The van der Waals surface area contributed by atoms with E-state index in [4.69, 9.17) is 16.3 Å². The molecule has 1 heterocycles. The molecule has 0 fully saturated rings. The molecule has 0 saturated carbocycles. The third-order valence-corrected chi connectivity index (χ3v) is 7.27. The first-order chi connectivity index (χ1) is 14.2. The van der Waals surface area contributed by atoms with Crippen LogP contribution in [-0.4, -0.2) is 39.7 Å². The molecule has 2 aromatic rings. The molecule has 30 heavy (non-hydrogen) atoms. The Morgan fingerprint density at radius 2 is 2.00 bits per heavy atom. The minimum Gasteiger partial charge on any atom is -0.462 e. The zero-order valence-corrected chi connectivity index (χ0v) is 19.1. The van der Waals surface area contributed by atoms with Crippen LogP contribution in [0, 0.1) is 0 Å². The van der Waals surface area contributed by atoms with Gasteiger partial charge in [0.05, 0.1) is 24.1 Å². The van der Waals surface area contributed by atoms with Crippen LogP contribution in [-0.2, 0) is 32.4 Å². The number of ether oxygens (including phenoxy) is 1. The highest BCUT2D eigenvalue weighted by Gasteiger charge is 2.28. The molecule has 1 aliphatic rings. The average molecular weight is 471 g/mol. The molecule has 1 aromatic heterocycles. The second-order valence-electron chi connectivity index (χ2n) is 6.93. The quantitative estimate of drug-likeness (QED) is 0.620. The molecule has 0 radical (unpaired) electrons. The van der Waals surface area contributed by atoms with Gasteiger partial charge in [-0.3, -0.25) is 9.10 Å². The van der Waals surface area contributed by atoms with Crippen LogP contribution in [0.5, 0.6) is 0 Å². The highest BCUT2D eigenvalue weighted by atomic mass is 35.5. The van der Waals surface area contributed by atoms with Gasteiger partial charge in [-0.15, -0.1) is 11.3 Å². The topological polar surface area (TPSA) is 92.8 Å². The van der Waals surface area contributed by atoms with E-state index in [1.807, 2.05) is 0 Å². The Hall–Kier alpha value is -2.10. The monoisotopic (exact) mass is 470 g/mol. The number of rotatable bonds is 7. The molecule has 1 aliphatic carbocycles. The number of nitrogens with zero attached hydrogens (tertiary/aromatic N) is 1. The molecular weight excluding hydrogens is 448 g/mol. The molecule has 7 nitrogen and oxygen atoms in total. The Bertz CT molecular complexity index is 1070. The van der Waals surface area contributed by atoms with E-state index in [9.17, 15) is 18.0 Å². The lowest BCUT2D eigenvalue weighted by Crippen LogP contribution is -2.37. The lowest BCUT2D eigenvalue weighted by Gasteiger charge is -2.22. The second-order valence-corrected chi connectivity index (χ2v) is 10.4. The Labute approximate surface area is 185 Å². The molecule has 0 atom stereocenters. The summed E-state index contributed by atoms with van der Waals surface area (Å²) in [5.41, 5.74) is 1.60. The van der Waals surface area contributed by atoms with Crippen LogP contribution in [0.3, 0.4) is 0 Å². The maximum atomic E-state index is 12.8. The first-order valence-corrected chi connectivity index (χ1v) is 12.6. The Morgan fingerprint density at radius 1 is 1.27 bits per heavy atom. The van der Waals surface area contributed by atoms with Crippen molar-refractivity contribution in [1.82, 2.24) is 0 Å². The van der Waals surface area contributed by atoms with Crippen LogP contribution in [0.25, 0.3) is 0 Å². The zero-order valence-electron chi connectivity index (χ0n) is 16.7. The fourth-order valence-electron chi connectivity index (χ4n) is 3.40. The number of nitrogens with one attached hydrogen (secondary N) is 1. The Balaban J connectivity index is 1.88. The van der Waals surface area contributed by atoms with Gasteiger partial charge in [-0.05, 0) is 56.4 Å². The van der Waals surface area contributed by atoms with Crippen LogP contribution in [0.4, 0.5) is 10.7 Å². The van der Waals surface area contributed by atoms with Gasteiger partial charge in [0.1, 0.15) is 11.5 Å². The molecular formula is C20H23ClN2O5S2. The number of esters is 1. The van der Waals surface area contributed by atoms with Crippen molar-refractivity contribution in [1.29, 1.82) is 0 Å². The number of thiophene rings is 1. The van der Waals surface area contributed by atoms with Gasteiger partial charge in [-0.2, -0.15) is 0 Å². The van der Waals surface area contributed by atoms with Crippen LogP contribution in [0.15, 0.2) is 24.3 Å². The molecule has 1 aromatic carbocycles. The fraction of sp³-hybridized carbons (Fsp3) is 0.400. The number of benzene rings is 1. The number of hydrogen-bond acceptors (Lipinski definition) is 6. The Kier molecular flexibility index (Phi) is 7.05. The van der Waals surface area contributed by atoms with E-state index in [1.54, 1.807) is 25.1 Å². The van der Waals surface area contributed by atoms with E-state index in [-0.39, 0.29) is 12.3 Å². The molecule has 0 saturated heterocycles. The van der Waals surface area contributed by atoms with E-state index in [1.165, 1.54) is 17.4 Å². The summed E-state index contributed by atoms with van der Waals surface area (Å²) in [6.07, 6.45) is 4.63. The summed E-state index contributed by atoms with van der Waals surface area (Å²) < 4.78 is 30.7. The van der Waals surface area contributed by atoms with Gasteiger partial charge < -0.3 is 10.1 Å². The van der Waals surface area contributed by atoms with Crippen molar-refractivity contribution in [3.63, 3.8) is 0 Å². The molecule has 0 spiro atoms. The van der Waals surface area contributed by atoms with Crippen LogP contribution < -0.4 is 9.62 Å². The largest absolute Gasteiger partial charge is 0.462 e. The molecule has 162 valence electrons. The van der Waals surface area contributed by atoms with E-state index in [0.29, 0.717) is 15.6 Å². The number of amides is 1. The van der Waals surface area contributed by atoms with Crippen molar-refractivity contribution in [2.45, 2.75) is 32.6 Å². The van der Waals surface area contributed by atoms with E-state index < -0.39 is 28.4 Å². The molecule has 3 rings (SSSR count). The van der Waals surface area contributed by atoms with Crippen molar-refractivity contribution in [3.8, 4) is 0 Å². The van der Waals surface area contributed by atoms with Gasteiger partial charge in [-0.25, -0.2) is 13.2 Å². The minimum atomic E-state index is -3.73. The summed E-state index contributed by atoms with van der Waals surface area (Å²) in [6, 6.07) is 6.27. The predicted molar refractivity (Wildman–Crippen MR) is 119 cm³/mol. The smallest absolute Gasteiger partial charge is 0.341 e. The normalized spacial score (nSPS) is 13.4. The third kappa shape index (κ3) is 5.14. The first kappa shape index (κ1) is 22.6. The van der Waals surface area contributed by atoms with Crippen LogP contribution in [0.2, 0.25) is 5.02 Å². The highest BCUT2D eigenvalue weighted by molar-refractivity contribution is 7.92. The maximum Gasteiger partial charge on any atom is 0.341 e. The molecule has 10 heteroatoms. The number of hydrogen-bond donors (Lipinski definition) is 1. The van der Waals surface area contributed by atoms with Crippen LogP contribution >= 0.6 is 22.9 Å². The van der Waals surface area contributed by atoms with Gasteiger partial charge in [0.2, 0.25) is 15.9 Å². The van der Waals surface area contributed by atoms with Gasteiger partial charge in [0.25, 0.3) is 0 Å². The van der Waals surface area contributed by atoms with Crippen molar-refractivity contribution >= 4 is 55.5 Å². The standard InChI is InChI=1S/C20H23ClN2O5S2/c1-3-28-20(25)18-15-9-4-5-10-16(15)29-19(18)22-17(24)12-23(30(2,26)27)14-8-6-7-13(21)11-14/h6-8,11H,3-5,9-10,12H2,1-2H3,(H,22,24). The highest BCUT2D eigenvalue weighted by Crippen LogP contribution is 2.38. The van der Waals surface area contributed by atoms with Crippen molar-refractivity contribution in [2.75, 3.05) is 29.0 Å². The van der Waals surface area contributed by atoms with Gasteiger partial charge in [-0.1, -0.05) is 17.7 Å².